The third-order valence-electron chi connectivity index (χ3n) is 2.09. The van der Waals surface area contributed by atoms with Crippen molar-refractivity contribution in [2.75, 3.05) is 19.3 Å². The van der Waals surface area contributed by atoms with Gasteiger partial charge in [0.15, 0.2) is 0 Å². The molecule has 0 atom stereocenters. The lowest BCUT2D eigenvalue weighted by Gasteiger charge is -2.07. The summed E-state index contributed by atoms with van der Waals surface area (Å²) in [5.74, 6) is -0.100. The smallest absolute Gasteiger partial charge is 0.233 e. The first-order chi connectivity index (χ1) is 7.27. The number of nitrogens with one attached hydrogen (secondary N) is 1. The summed E-state index contributed by atoms with van der Waals surface area (Å²) in [5.41, 5.74) is 6.46. The van der Waals surface area contributed by atoms with E-state index in [4.69, 9.17) is 5.73 Å². The van der Waals surface area contributed by atoms with Crippen LogP contribution in [-0.2, 0) is 11.2 Å². The van der Waals surface area contributed by atoms with Gasteiger partial charge in [0.25, 0.3) is 0 Å². The van der Waals surface area contributed by atoms with Crippen LogP contribution in [-0.4, -0.2) is 25.3 Å². The van der Waals surface area contributed by atoms with Crippen LogP contribution in [0.2, 0.25) is 0 Å². The van der Waals surface area contributed by atoms with Gasteiger partial charge in [-0.1, -0.05) is 18.2 Å². The molecular formula is C11H16N2OS. The number of thioether (sulfide) groups is 1. The van der Waals surface area contributed by atoms with Crippen LogP contribution in [0, 0.1) is 0 Å². The zero-order valence-electron chi connectivity index (χ0n) is 8.82. The van der Waals surface area contributed by atoms with E-state index in [9.17, 15) is 4.79 Å². The van der Waals surface area contributed by atoms with Crippen LogP contribution in [0.15, 0.2) is 29.2 Å². The van der Waals surface area contributed by atoms with Crippen molar-refractivity contribution in [3.63, 3.8) is 0 Å². The van der Waals surface area contributed by atoms with Crippen molar-refractivity contribution < 1.29 is 4.79 Å². The molecule has 3 N–H and O–H groups in total. The van der Waals surface area contributed by atoms with E-state index in [2.05, 4.69) is 23.7 Å². The van der Waals surface area contributed by atoms with Gasteiger partial charge in [0.1, 0.15) is 0 Å². The molecule has 1 aromatic rings. The Morgan fingerprint density at radius 3 is 2.87 bits per heavy atom. The number of carbonyl (C=O) groups excluding carboxylic acids is 1. The lowest BCUT2D eigenvalue weighted by molar-refractivity contribution is -0.119. The number of hydrogen-bond donors (Lipinski definition) is 2. The third kappa shape index (κ3) is 3.93. The first-order valence-corrected chi connectivity index (χ1v) is 6.09. The van der Waals surface area contributed by atoms with Crippen LogP contribution >= 0.6 is 11.8 Å². The molecule has 0 saturated heterocycles. The van der Waals surface area contributed by atoms with Crippen molar-refractivity contribution in [2.24, 2.45) is 5.73 Å². The third-order valence-corrected chi connectivity index (χ3v) is 2.93. The molecule has 0 fully saturated rings. The summed E-state index contributed by atoms with van der Waals surface area (Å²) >= 11 is 1.72. The van der Waals surface area contributed by atoms with Crippen molar-refractivity contribution in [3.8, 4) is 0 Å². The molecule has 0 radical (unpaired) electrons. The first kappa shape index (κ1) is 12.1. The summed E-state index contributed by atoms with van der Waals surface area (Å²) in [5, 5.41) is 2.76. The van der Waals surface area contributed by atoms with Gasteiger partial charge < -0.3 is 11.1 Å². The normalized spacial score (nSPS) is 10.0. The average Bonchev–Trinajstić information content (AvgIpc) is 2.29. The van der Waals surface area contributed by atoms with E-state index in [-0.39, 0.29) is 12.5 Å². The number of amides is 1. The quantitative estimate of drug-likeness (QED) is 0.734. The molecule has 1 aromatic carbocycles. The van der Waals surface area contributed by atoms with E-state index < -0.39 is 0 Å². The highest BCUT2D eigenvalue weighted by Crippen LogP contribution is 2.19. The van der Waals surface area contributed by atoms with Crippen LogP contribution in [0.1, 0.15) is 5.56 Å². The van der Waals surface area contributed by atoms with Crippen LogP contribution in [0.4, 0.5) is 0 Å². The van der Waals surface area contributed by atoms with Crippen LogP contribution < -0.4 is 11.1 Å². The fourth-order valence-corrected chi connectivity index (χ4v) is 1.97. The molecule has 1 amide bonds. The van der Waals surface area contributed by atoms with Gasteiger partial charge in [-0.25, -0.2) is 0 Å². The first-order valence-electron chi connectivity index (χ1n) is 4.86. The summed E-state index contributed by atoms with van der Waals surface area (Å²) < 4.78 is 0. The number of rotatable bonds is 5. The van der Waals surface area contributed by atoms with E-state index >= 15 is 0 Å². The maximum absolute atomic E-state index is 10.9. The minimum absolute atomic E-state index is 0.0597. The molecule has 1 rings (SSSR count). The Labute approximate surface area is 94.4 Å². The standard InChI is InChI=1S/C11H16N2OS/c1-15-10-5-3-2-4-9(10)6-7-13-11(14)8-12/h2-5H,6-8,12H2,1H3,(H,13,14). The number of benzene rings is 1. The maximum Gasteiger partial charge on any atom is 0.233 e. The monoisotopic (exact) mass is 224 g/mol. The summed E-state index contributed by atoms with van der Waals surface area (Å²) in [6.45, 7) is 0.706. The zero-order valence-corrected chi connectivity index (χ0v) is 9.64. The molecule has 3 nitrogen and oxygen atoms in total. The van der Waals surface area contributed by atoms with E-state index in [0.717, 1.165) is 6.42 Å². The van der Waals surface area contributed by atoms with Gasteiger partial charge in [-0.15, -0.1) is 11.8 Å². The second-order valence-corrected chi connectivity index (χ2v) is 3.96. The van der Waals surface area contributed by atoms with Crippen LogP contribution in [0.3, 0.4) is 0 Å². The molecule has 0 bridgehead atoms. The zero-order chi connectivity index (χ0) is 11.1. The summed E-state index contributed by atoms with van der Waals surface area (Å²) in [6.07, 6.45) is 2.90. The van der Waals surface area contributed by atoms with Crippen molar-refractivity contribution in [1.82, 2.24) is 5.32 Å². The Hall–Kier alpha value is -1.00. The number of carbonyl (C=O) groups is 1. The predicted molar refractivity (Wildman–Crippen MR) is 64.0 cm³/mol. The molecule has 0 aliphatic carbocycles. The Morgan fingerprint density at radius 1 is 1.47 bits per heavy atom. The Kier molecular flexibility index (Phi) is 5.21. The second-order valence-electron chi connectivity index (χ2n) is 3.12. The van der Waals surface area contributed by atoms with E-state index in [1.54, 1.807) is 11.8 Å². The molecule has 0 aliphatic heterocycles. The molecule has 4 heteroatoms. The highest BCUT2D eigenvalue weighted by molar-refractivity contribution is 7.98. The Morgan fingerprint density at radius 2 is 2.20 bits per heavy atom. The molecule has 0 saturated carbocycles. The van der Waals surface area contributed by atoms with Gasteiger partial charge in [0.2, 0.25) is 5.91 Å². The molecular weight excluding hydrogens is 208 g/mol. The fourth-order valence-electron chi connectivity index (χ4n) is 1.32. The van der Waals surface area contributed by atoms with E-state index in [0.29, 0.717) is 6.54 Å². The summed E-state index contributed by atoms with van der Waals surface area (Å²) in [7, 11) is 0. The van der Waals surface area contributed by atoms with Crippen molar-refractivity contribution >= 4 is 17.7 Å². The van der Waals surface area contributed by atoms with Crippen molar-refractivity contribution in [1.29, 1.82) is 0 Å². The van der Waals surface area contributed by atoms with Gasteiger partial charge in [-0.3, -0.25) is 4.79 Å². The number of hydrogen-bond acceptors (Lipinski definition) is 3. The topological polar surface area (TPSA) is 55.1 Å². The highest BCUT2D eigenvalue weighted by Gasteiger charge is 2.01. The molecule has 82 valence electrons. The van der Waals surface area contributed by atoms with Gasteiger partial charge in [-0.2, -0.15) is 0 Å². The lowest BCUT2D eigenvalue weighted by atomic mass is 10.1. The lowest BCUT2D eigenvalue weighted by Crippen LogP contribution is -2.31. The minimum Gasteiger partial charge on any atom is -0.355 e. The SMILES string of the molecule is CSc1ccccc1CCNC(=O)CN. The van der Waals surface area contributed by atoms with E-state index in [1.807, 2.05) is 12.1 Å². The molecule has 0 spiro atoms. The van der Waals surface area contributed by atoms with Crippen LogP contribution in [0.25, 0.3) is 0 Å². The largest absolute Gasteiger partial charge is 0.355 e. The fraction of sp³-hybridized carbons (Fsp3) is 0.364. The van der Waals surface area contributed by atoms with Gasteiger partial charge >= 0.3 is 0 Å². The Balaban J connectivity index is 2.46. The molecule has 0 heterocycles. The Bertz CT molecular complexity index is 328. The van der Waals surface area contributed by atoms with Gasteiger partial charge in [-0.05, 0) is 24.3 Å². The highest BCUT2D eigenvalue weighted by atomic mass is 32.2. The van der Waals surface area contributed by atoms with Crippen molar-refractivity contribution in [2.45, 2.75) is 11.3 Å². The average molecular weight is 224 g/mol. The molecule has 0 aromatic heterocycles. The van der Waals surface area contributed by atoms with Crippen LogP contribution in [0.5, 0.6) is 0 Å². The number of nitrogens with two attached hydrogens (primary N) is 1. The maximum atomic E-state index is 10.9. The van der Waals surface area contributed by atoms with E-state index in [1.165, 1.54) is 10.5 Å². The summed E-state index contributed by atoms with van der Waals surface area (Å²) in [6, 6.07) is 8.21. The summed E-state index contributed by atoms with van der Waals surface area (Å²) in [4.78, 5) is 12.2. The minimum atomic E-state index is -0.100. The van der Waals surface area contributed by atoms with Crippen molar-refractivity contribution in [3.05, 3.63) is 29.8 Å². The second kappa shape index (κ2) is 6.48. The predicted octanol–water partition coefficient (Wildman–Crippen LogP) is 1.03. The van der Waals surface area contributed by atoms with Gasteiger partial charge in [0.05, 0.1) is 6.54 Å². The van der Waals surface area contributed by atoms with Gasteiger partial charge in [0, 0.05) is 11.4 Å². The molecule has 15 heavy (non-hydrogen) atoms. The molecule has 0 aliphatic rings. The molecule has 0 unspecified atom stereocenters.